The minimum Gasteiger partial charge on any atom is -0.302 e. The van der Waals surface area contributed by atoms with Gasteiger partial charge >= 0.3 is 0 Å². The van der Waals surface area contributed by atoms with Crippen LogP contribution in [-0.4, -0.2) is 25.7 Å². The molecule has 4 heterocycles. The third kappa shape index (κ3) is 2.20. The van der Waals surface area contributed by atoms with E-state index in [-0.39, 0.29) is 6.17 Å². The number of fused-ring (bicyclic) bond motifs is 4. The van der Waals surface area contributed by atoms with E-state index in [2.05, 4.69) is 76.9 Å². The van der Waals surface area contributed by atoms with Crippen LogP contribution in [0.2, 0.25) is 0 Å². The van der Waals surface area contributed by atoms with Crippen LogP contribution < -0.4 is 9.80 Å². The molecule has 2 aliphatic rings. The molecule has 0 fully saturated rings. The summed E-state index contributed by atoms with van der Waals surface area (Å²) in [6.45, 7) is 4.35. The summed E-state index contributed by atoms with van der Waals surface area (Å²) in [4.78, 5) is 18.8. The molecule has 0 radical (unpaired) electrons. The molecular formula is C23H20N6. The third-order valence-electron chi connectivity index (χ3n) is 5.79. The molecule has 0 saturated heterocycles. The van der Waals surface area contributed by atoms with Gasteiger partial charge in [-0.15, -0.1) is 0 Å². The number of hydrogen-bond donors (Lipinski definition) is 0. The Labute approximate surface area is 168 Å². The van der Waals surface area contributed by atoms with Crippen LogP contribution in [0.15, 0.2) is 60.9 Å². The molecule has 0 amide bonds. The zero-order valence-corrected chi connectivity index (χ0v) is 16.3. The first-order valence-electron chi connectivity index (χ1n) is 9.85. The third-order valence-corrected chi connectivity index (χ3v) is 5.79. The van der Waals surface area contributed by atoms with E-state index in [0.29, 0.717) is 0 Å². The standard InChI is InChI=1S/C23H20N6/c1-15-10-11-18-21(27-14-6-9-19(27)26-18)20(15)29-16(2)28(17-7-4-3-5-8-17)22-23(29)25-13-12-24-22/h3-8,10-14,16H,9H2,1-2H3/t16-/m0/s1. The Balaban J connectivity index is 1.63. The van der Waals surface area contributed by atoms with Crippen LogP contribution >= 0.6 is 0 Å². The van der Waals surface area contributed by atoms with E-state index in [1.54, 1.807) is 12.4 Å². The topological polar surface area (TPSA) is 50.1 Å². The molecule has 6 rings (SSSR count). The predicted molar refractivity (Wildman–Crippen MR) is 116 cm³/mol. The highest BCUT2D eigenvalue weighted by molar-refractivity contribution is 5.98. The Hall–Kier alpha value is -3.67. The average Bonchev–Trinajstić information content (AvgIpc) is 3.40. The van der Waals surface area contributed by atoms with Gasteiger partial charge in [-0.1, -0.05) is 30.3 Å². The van der Waals surface area contributed by atoms with E-state index in [0.717, 1.165) is 46.3 Å². The van der Waals surface area contributed by atoms with Gasteiger partial charge in [0.15, 0.2) is 11.6 Å². The van der Waals surface area contributed by atoms with Gasteiger partial charge in [0.1, 0.15) is 12.0 Å². The summed E-state index contributed by atoms with van der Waals surface area (Å²) < 4.78 is 2.21. The maximum absolute atomic E-state index is 4.85. The molecule has 0 N–H and O–H groups in total. The molecule has 0 bridgehead atoms. The summed E-state index contributed by atoms with van der Waals surface area (Å²) >= 11 is 0. The summed E-state index contributed by atoms with van der Waals surface area (Å²) in [7, 11) is 0. The van der Waals surface area contributed by atoms with Crippen molar-refractivity contribution >= 4 is 40.2 Å². The van der Waals surface area contributed by atoms with Gasteiger partial charge < -0.3 is 9.47 Å². The van der Waals surface area contributed by atoms with Crippen molar-refractivity contribution in [2.75, 3.05) is 9.80 Å². The highest BCUT2D eigenvalue weighted by atomic mass is 15.5. The van der Waals surface area contributed by atoms with Crippen molar-refractivity contribution in [3.05, 3.63) is 72.3 Å². The molecule has 2 aliphatic heterocycles. The molecule has 142 valence electrons. The molecule has 0 aliphatic carbocycles. The quantitative estimate of drug-likeness (QED) is 0.500. The number of aromatic nitrogens is 4. The summed E-state index contributed by atoms with van der Waals surface area (Å²) in [5.41, 5.74) is 5.58. The van der Waals surface area contributed by atoms with Gasteiger partial charge in [0, 0.05) is 30.7 Å². The van der Waals surface area contributed by atoms with Crippen LogP contribution in [-0.2, 0) is 6.42 Å². The second-order valence-corrected chi connectivity index (χ2v) is 7.50. The van der Waals surface area contributed by atoms with Crippen molar-refractivity contribution < 1.29 is 0 Å². The first-order chi connectivity index (χ1) is 14.2. The average molecular weight is 380 g/mol. The van der Waals surface area contributed by atoms with Gasteiger partial charge in [-0.2, -0.15) is 0 Å². The first-order valence-corrected chi connectivity index (χ1v) is 9.85. The van der Waals surface area contributed by atoms with Crippen molar-refractivity contribution in [1.29, 1.82) is 0 Å². The van der Waals surface area contributed by atoms with Crippen LogP contribution in [0.25, 0.3) is 17.2 Å². The Morgan fingerprint density at radius 3 is 2.48 bits per heavy atom. The number of hydrogen-bond acceptors (Lipinski definition) is 5. The van der Waals surface area contributed by atoms with Gasteiger partial charge in [-0.05, 0) is 37.6 Å². The minimum atomic E-state index is 0.0237. The highest BCUT2D eigenvalue weighted by Gasteiger charge is 2.39. The normalized spacial score (nSPS) is 17.2. The van der Waals surface area contributed by atoms with Gasteiger partial charge in [0.05, 0.1) is 16.7 Å². The van der Waals surface area contributed by atoms with Gasteiger partial charge in [0.2, 0.25) is 0 Å². The first kappa shape index (κ1) is 16.3. The van der Waals surface area contributed by atoms with Crippen LogP contribution in [0.1, 0.15) is 18.3 Å². The zero-order chi connectivity index (χ0) is 19.5. The fraction of sp³-hybridized carbons (Fsp3) is 0.174. The Bertz CT molecular complexity index is 1270. The predicted octanol–water partition coefficient (Wildman–Crippen LogP) is 4.80. The number of para-hydroxylation sites is 1. The summed E-state index contributed by atoms with van der Waals surface area (Å²) in [5, 5.41) is 0. The van der Waals surface area contributed by atoms with Crippen LogP contribution in [0.5, 0.6) is 0 Å². The summed E-state index contributed by atoms with van der Waals surface area (Å²) in [6.07, 6.45) is 8.71. The van der Waals surface area contributed by atoms with E-state index >= 15 is 0 Å². The fourth-order valence-electron chi connectivity index (χ4n) is 4.54. The summed E-state index contributed by atoms with van der Waals surface area (Å²) in [5.74, 6) is 2.83. The van der Waals surface area contributed by atoms with E-state index in [4.69, 9.17) is 15.0 Å². The van der Waals surface area contributed by atoms with Crippen LogP contribution in [0, 0.1) is 6.92 Å². The molecule has 0 saturated carbocycles. The molecule has 2 aromatic heterocycles. The van der Waals surface area contributed by atoms with Crippen molar-refractivity contribution in [3.63, 3.8) is 0 Å². The van der Waals surface area contributed by atoms with E-state index in [1.165, 1.54) is 5.56 Å². The molecule has 6 heteroatoms. The molecule has 2 aromatic carbocycles. The monoisotopic (exact) mass is 380 g/mol. The van der Waals surface area contributed by atoms with Crippen LogP contribution in [0.4, 0.5) is 23.0 Å². The Morgan fingerprint density at radius 2 is 1.69 bits per heavy atom. The van der Waals surface area contributed by atoms with Gasteiger partial charge in [0.25, 0.3) is 0 Å². The largest absolute Gasteiger partial charge is 0.302 e. The fourth-order valence-corrected chi connectivity index (χ4v) is 4.54. The lowest BCUT2D eigenvalue weighted by atomic mass is 10.1. The Morgan fingerprint density at radius 1 is 0.931 bits per heavy atom. The number of nitrogens with zero attached hydrogens (tertiary/aromatic N) is 6. The Kier molecular flexibility index (Phi) is 3.32. The molecular weight excluding hydrogens is 360 g/mol. The second kappa shape index (κ2) is 5.91. The number of anilines is 4. The van der Waals surface area contributed by atoms with Crippen LogP contribution in [0.3, 0.4) is 0 Å². The molecule has 4 aromatic rings. The highest BCUT2D eigenvalue weighted by Crippen LogP contribution is 2.47. The molecule has 6 nitrogen and oxygen atoms in total. The van der Waals surface area contributed by atoms with Crippen molar-refractivity contribution in [1.82, 2.24) is 19.5 Å². The zero-order valence-electron chi connectivity index (χ0n) is 16.3. The SMILES string of the molecule is Cc1ccc2nc3n(c2c1N1c2nccnc2N(c2ccccc2)[C@@H]1C)C=CC3. The molecule has 29 heavy (non-hydrogen) atoms. The number of benzene rings is 2. The van der Waals surface area contributed by atoms with Crippen molar-refractivity contribution in [3.8, 4) is 0 Å². The maximum Gasteiger partial charge on any atom is 0.178 e. The van der Waals surface area contributed by atoms with E-state index in [1.807, 2.05) is 6.07 Å². The number of rotatable bonds is 2. The number of aryl methyl sites for hydroxylation is 1. The lowest BCUT2D eigenvalue weighted by Gasteiger charge is -2.30. The smallest absolute Gasteiger partial charge is 0.178 e. The molecule has 1 atom stereocenters. The summed E-state index contributed by atoms with van der Waals surface area (Å²) in [6, 6.07) is 14.6. The van der Waals surface area contributed by atoms with E-state index < -0.39 is 0 Å². The lowest BCUT2D eigenvalue weighted by molar-refractivity contribution is 0.753. The number of allylic oxidation sites excluding steroid dienone is 1. The molecule has 0 unspecified atom stereocenters. The van der Waals surface area contributed by atoms with Crippen molar-refractivity contribution in [2.45, 2.75) is 26.4 Å². The van der Waals surface area contributed by atoms with E-state index in [9.17, 15) is 0 Å². The van der Waals surface area contributed by atoms with Crippen molar-refractivity contribution in [2.24, 2.45) is 0 Å². The lowest BCUT2D eigenvalue weighted by Crippen LogP contribution is -2.36. The maximum atomic E-state index is 4.85. The number of imidazole rings is 1. The second-order valence-electron chi connectivity index (χ2n) is 7.50. The molecule has 0 spiro atoms. The van der Waals surface area contributed by atoms with Gasteiger partial charge in [-0.25, -0.2) is 15.0 Å². The van der Waals surface area contributed by atoms with Gasteiger partial charge in [-0.3, -0.25) is 4.90 Å². The minimum absolute atomic E-state index is 0.0237.